The van der Waals surface area contributed by atoms with E-state index in [9.17, 15) is 14.0 Å². The van der Waals surface area contributed by atoms with Gasteiger partial charge >= 0.3 is 5.97 Å². The van der Waals surface area contributed by atoms with Gasteiger partial charge in [0, 0.05) is 36.6 Å². The lowest BCUT2D eigenvalue weighted by atomic mass is 9.50. The van der Waals surface area contributed by atoms with Gasteiger partial charge in [0.05, 0.1) is 17.0 Å². The Morgan fingerprint density at radius 1 is 0.972 bits per heavy atom. The highest BCUT2D eigenvalue weighted by molar-refractivity contribution is 6.06. The van der Waals surface area contributed by atoms with Gasteiger partial charge in [0.15, 0.2) is 0 Å². The Morgan fingerprint density at radius 3 is 2.36 bits per heavy atom. The topological polar surface area (TPSA) is 84.2 Å². The van der Waals surface area contributed by atoms with Gasteiger partial charge < -0.3 is 15.0 Å². The highest BCUT2D eigenvalue weighted by Crippen LogP contribution is 2.58. The van der Waals surface area contributed by atoms with Crippen molar-refractivity contribution in [3.05, 3.63) is 90.1 Å². The van der Waals surface area contributed by atoms with Crippen molar-refractivity contribution in [3.8, 4) is 11.1 Å². The number of rotatable bonds is 6. The van der Waals surface area contributed by atoms with E-state index >= 15 is 0 Å². The van der Waals surface area contributed by atoms with Crippen molar-refractivity contribution in [1.29, 1.82) is 0 Å². The van der Waals surface area contributed by atoms with Crippen molar-refractivity contribution in [3.63, 3.8) is 0 Å². The number of carbonyl (C=O) groups excluding carboxylic acids is 1. The average Bonchev–Trinajstić information content (AvgIpc) is 3.25. The predicted molar refractivity (Wildman–Crippen MR) is 134 cm³/mol. The summed E-state index contributed by atoms with van der Waals surface area (Å²) < 4.78 is 16.5. The number of amides is 1. The minimum Gasteiger partial charge on any atom is -0.481 e. The lowest BCUT2D eigenvalue weighted by Gasteiger charge is -2.56. The molecule has 2 aromatic heterocycles. The predicted octanol–water partition coefficient (Wildman–Crippen LogP) is 5.26. The summed E-state index contributed by atoms with van der Waals surface area (Å²) in [6.07, 6.45) is 8.34. The molecular formula is C29H26FN3O3. The molecule has 1 amide bonds. The second-order valence-electron chi connectivity index (χ2n) is 10.3. The van der Waals surface area contributed by atoms with Crippen LogP contribution in [-0.4, -0.2) is 32.6 Å². The first-order valence-electron chi connectivity index (χ1n) is 12.2. The van der Waals surface area contributed by atoms with Crippen LogP contribution in [0.25, 0.3) is 22.0 Å². The number of benzene rings is 2. The van der Waals surface area contributed by atoms with Crippen molar-refractivity contribution in [2.75, 3.05) is 0 Å². The molecule has 0 saturated heterocycles. The second-order valence-corrected chi connectivity index (χ2v) is 10.3. The molecule has 2 heterocycles. The van der Waals surface area contributed by atoms with Gasteiger partial charge in [-0.3, -0.25) is 14.6 Å². The lowest BCUT2D eigenvalue weighted by molar-refractivity contribution is -0.155. The third-order valence-electron chi connectivity index (χ3n) is 7.84. The van der Waals surface area contributed by atoms with Gasteiger partial charge in [0.2, 0.25) is 0 Å². The van der Waals surface area contributed by atoms with Crippen molar-refractivity contribution in [2.24, 2.45) is 11.3 Å². The molecule has 6 nitrogen and oxygen atoms in total. The number of carbonyl (C=O) groups is 2. The zero-order valence-electron chi connectivity index (χ0n) is 19.7. The van der Waals surface area contributed by atoms with Crippen LogP contribution in [0.15, 0.2) is 73.2 Å². The molecule has 36 heavy (non-hydrogen) atoms. The smallest absolute Gasteiger partial charge is 0.306 e. The maximum Gasteiger partial charge on any atom is 0.306 e. The van der Waals surface area contributed by atoms with Crippen molar-refractivity contribution in [2.45, 2.75) is 38.3 Å². The molecule has 2 saturated carbocycles. The number of nitrogens with zero attached hydrogens (tertiary/aromatic N) is 2. The molecule has 4 aromatic rings. The summed E-state index contributed by atoms with van der Waals surface area (Å²) in [6.45, 7) is 0.507. The fraction of sp³-hybridized carbons (Fsp3) is 0.276. The first kappa shape index (κ1) is 22.5. The molecule has 182 valence electrons. The number of carboxylic acid groups (broad SMARTS) is 1. The van der Waals surface area contributed by atoms with E-state index in [1.807, 2.05) is 47.2 Å². The molecule has 0 radical (unpaired) electrons. The van der Waals surface area contributed by atoms with Gasteiger partial charge in [0.1, 0.15) is 5.82 Å². The zero-order valence-corrected chi connectivity index (χ0v) is 19.7. The van der Waals surface area contributed by atoms with Crippen LogP contribution in [0.1, 0.15) is 41.6 Å². The molecular weight excluding hydrogens is 457 g/mol. The van der Waals surface area contributed by atoms with Crippen molar-refractivity contribution < 1.29 is 19.1 Å². The van der Waals surface area contributed by atoms with Crippen LogP contribution in [0.2, 0.25) is 0 Å². The average molecular weight is 484 g/mol. The zero-order chi connectivity index (χ0) is 24.9. The number of hydrogen-bond acceptors (Lipinski definition) is 3. The molecule has 0 atom stereocenters. The third-order valence-corrected chi connectivity index (χ3v) is 7.84. The number of nitrogens with one attached hydrogen (secondary N) is 1. The second kappa shape index (κ2) is 8.59. The van der Waals surface area contributed by atoms with Gasteiger partial charge in [-0.15, -0.1) is 0 Å². The summed E-state index contributed by atoms with van der Waals surface area (Å²) >= 11 is 0. The van der Waals surface area contributed by atoms with Crippen LogP contribution < -0.4 is 5.32 Å². The Labute approximate surface area is 207 Å². The Balaban J connectivity index is 1.19. The molecule has 2 aliphatic rings. The number of hydrogen-bond donors (Lipinski definition) is 2. The maximum absolute atomic E-state index is 14.6. The fourth-order valence-corrected chi connectivity index (χ4v) is 5.99. The first-order chi connectivity index (χ1) is 17.4. The van der Waals surface area contributed by atoms with Crippen LogP contribution in [0.3, 0.4) is 0 Å². The van der Waals surface area contributed by atoms with Crippen LogP contribution >= 0.6 is 0 Å². The summed E-state index contributed by atoms with van der Waals surface area (Å²) in [6, 6.07) is 16.7. The monoisotopic (exact) mass is 483 g/mol. The summed E-state index contributed by atoms with van der Waals surface area (Å²) in [4.78, 5) is 28.4. The first-order valence-corrected chi connectivity index (χ1v) is 12.2. The summed E-state index contributed by atoms with van der Waals surface area (Å²) in [5.74, 6) is -1.55. The largest absolute Gasteiger partial charge is 0.481 e. The van der Waals surface area contributed by atoms with Gasteiger partial charge in [-0.2, -0.15) is 0 Å². The van der Waals surface area contributed by atoms with Crippen molar-refractivity contribution >= 4 is 22.8 Å². The SMILES string of the molecule is O=C(NC1CC2(C1)CC(C(=O)O)C2)c1ccc(F)c2ccn(Cc3ccc(-c4ccncc4)cc3)c12. The number of aromatic nitrogens is 2. The van der Waals surface area contributed by atoms with Gasteiger partial charge in [-0.25, -0.2) is 4.39 Å². The minimum atomic E-state index is -0.727. The van der Waals surface area contributed by atoms with Gasteiger partial charge in [-0.1, -0.05) is 24.3 Å². The third kappa shape index (κ3) is 3.94. The van der Waals surface area contributed by atoms with E-state index in [1.54, 1.807) is 24.5 Å². The molecule has 2 fully saturated rings. The Bertz CT molecular complexity index is 1450. The Hall–Kier alpha value is -4.00. The van der Waals surface area contributed by atoms with Crippen LogP contribution in [0.4, 0.5) is 4.39 Å². The van der Waals surface area contributed by atoms with E-state index in [2.05, 4.69) is 10.3 Å². The number of carboxylic acids is 1. The molecule has 2 N–H and O–H groups in total. The van der Waals surface area contributed by atoms with Crippen molar-refractivity contribution in [1.82, 2.24) is 14.9 Å². The Morgan fingerprint density at radius 2 is 1.67 bits per heavy atom. The van der Waals surface area contributed by atoms with E-state index in [-0.39, 0.29) is 29.1 Å². The van der Waals surface area contributed by atoms with E-state index in [4.69, 9.17) is 5.11 Å². The molecule has 2 aromatic carbocycles. The van der Waals surface area contributed by atoms with E-state index in [0.717, 1.165) is 29.5 Å². The Kier molecular flexibility index (Phi) is 5.36. The summed E-state index contributed by atoms with van der Waals surface area (Å²) in [7, 11) is 0. The number of pyridine rings is 1. The summed E-state index contributed by atoms with van der Waals surface area (Å²) in [5, 5.41) is 12.7. The molecule has 6 rings (SSSR count). The molecule has 7 heteroatoms. The fourth-order valence-electron chi connectivity index (χ4n) is 5.99. The number of halogens is 1. The van der Waals surface area contributed by atoms with Gasteiger partial charge in [0.25, 0.3) is 5.91 Å². The molecule has 2 aliphatic carbocycles. The van der Waals surface area contributed by atoms with E-state index in [1.165, 1.54) is 6.07 Å². The normalized spacial score (nSPS) is 22.7. The van der Waals surface area contributed by atoms with Gasteiger partial charge in [-0.05, 0) is 78.1 Å². The van der Waals surface area contributed by atoms with Crippen LogP contribution in [0, 0.1) is 17.2 Å². The molecule has 1 spiro atoms. The molecule has 0 unspecified atom stereocenters. The highest BCUT2D eigenvalue weighted by atomic mass is 19.1. The van der Waals surface area contributed by atoms with E-state index < -0.39 is 5.97 Å². The molecule has 0 bridgehead atoms. The lowest BCUT2D eigenvalue weighted by Crippen LogP contribution is -2.57. The minimum absolute atomic E-state index is 0.0245. The number of fused-ring (bicyclic) bond motifs is 1. The standard InChI is InChI=1S/C29H26FN3O3/c30-25-6-5-24(27(34)32-22-15-29(16-22)13-21(14-29)28(35)36)26-23(25)9-12-33(26)17-18-1-3-19(4-2-18)20-7-10-31-11-8-20/h1-12,21-22H,13-17H2,(H,32,34)(H,35,36). The molecule has 0 aliphatic heterocycles. The van der Waals surface area contributed by atoms with Crippen LogP contribution in [0.5, 0.6) is 0 Å². The highest BCUT2D eigenvalue weighted by Gasteiger charge is 2.55. The quantitative estimate of drug-likeness (QED) is 0.392. The maximum atomic E-state index is 14.6. The summed E-state index contributed by atoms with van der Waals surface area (Å²) in [5.41, 5.74) is 4.31. The van der Waals surface area contributed by atoms with Crippen LogP contribution in [-0.2, 0) is 11.3 Å². The number of aliphatic carboxylic acids is 1. The van der Waals surface area contributed by atoms with E-state index in [0.29, 0.717) is 35.9 Å².